The van der Waals surface area contributed by atoms with E-state index < -0.39 is 11.6 Å². The van der Waals surface area contributed by atoms with Crippen LogP contribution in [0.3, 0.4) is 0 Å². The van der Waals surface area contributed by atoms with Gasteiger partial charge in [-0.05, 0) is 25.1 Å². The first-order chi connectivity index (χ1) is 6.63. The number of hydrogen-bond acceptors (Lipinski definition) is 2. The van der Waals surface area contributed by atoms with Crippen LogP contribution in [-0.2, 0) is 6.42 Å². The summed E-state index contributed by atoms with van der Waals surface area (Å²) in [6, 6.07) is 3.67. The molecule has 0 fully saturated rings. The van der Waals surface area contributed by atoms with Crippen LogP contribution in [0.25, 0.3) is 0 Å². The molecule has 0 aromatic heterocycles. The second-order valence-corrected chi connectivity index (χ2v) is 3.49. The van der Waals surface area contributed by atoms with Crippen molar-refractivity contribution >= 4 is 12.6 Å². The van der Waals surface area contributed by atoms with Crippen LogP contribution in [0.5, 0.6) is 0 Å². The molecule has 0 saturated heterocycles. The summed E-state index contributed by atoms with van der Waals surface area (Å²) in [7, 11) is 1.90. The molecule has 0 N–H and O–H groups in total. The molecule has 14 heavy (non-hydrogen) atoms. The standard InChI is InChI=1S/C10H13F2NS/c1-13(7-14)5-4-8-2-3-9(11)6-10(8)12/h2-3,6,14H,4-5,7H2,1H3. The molecule has 1 aromatic carbocycles. The number of thiol groups is 1. The molecule has 0 aliphatic rings. The Hall–Kier alpha value is -0.610. The van der Waals surface area contributed by atoms with Crippen LogP contribution < -0.4 is 0 Å². The normalized spacial score (nSPS) is 10.9. The Kier molecular flexibility index (Phi) is 4.35. The lowest BCUT2D eigenvalue weighted by atomic mass is 10.1. The third-order valence-electron chi connectivity index (χ3n) is 2.02. The van der Waals surface area contributed by atoms with Crippen LogP contribution in [0, 0.1) is 11.6 Å². The molecule has 0 heterocycles. The smallest absolute Gasteiger partial charge is 0.129 e. The highest BCUT2D eigenvalue weighted by molar-refractivity contribution is 7.80. The van der Waals surface area contributed by atoms with E-state index in [1.54, 1.807) is 0 Å². The third kappa shape index (κ3) is 3.27. The highest BCUT2D eigenvalue weighted by atomic mass is 32.1. The number of halogens is 2. The van der Waals surface area contributed by atoms with Crippen molar-refractivity contribution < 1.29 is 8.78 Å². The van der Waals surface area contributed by atoms with E-state index in [-0.39, 0.29) is 0 Å². The number of hydrogen-bond donors (Lipinski definition) is 1. The quantitative estimate of drug-likeness (QED) is 0.598. The topological polar surface area (TPSA) is 3.24 Å². The van der Waals surface area contributed by atoms with Crippen LogP contribution in [0.1, 0.15) is 5.56 Å². The molecule has 4 heteroatoms. The van der Waals surface area contributed by atoms with Crippen molar-refractivity contribution in [3.63, 3.8) is 0 Å². The largest absolute Gasteiger partial charge is 0.297 e. The Morgan fingerprint density at radius 3 is 2.64 bits per heavy atom. The zero-order chi connectivity index (χ0) is 10.6. The number of rotatable bonds is 4. The Labute approximate surface area is 88.1 Å². The molecule has 78 valence electrons. The Bertz CT molecular complexity index is 304. The molecular weight excluding hydrogens is 204 g/mol. The van der Waals surface area contributed by atoms with Crippen LogP contribution >= 0.6 is 12.6 Å². The van der Waals surface area contributed by atoms with Gasteiger partial charge >= 0.3 is 0 Å². The van der Waals surface area contributed by atoms with Crippen molar-refractivity contribution in [2.45, 2.75) is 6.42 Å². The van der Waals surface area contributed by atoms with Crippen LogP contribution in [0.15, 0.2) is 18.2 Å². The first-order valence-electron chi connectivity index (χ1n) is 4.37. The maximum atomic E-state index is 13.1. The fourth-order valence-electron chi connectivity index (χ4n) is 1.11. The molecule has 0 saturated carbocycles. The molecule has 1 nitrogen and oxygen atoms in total. The van der Waals surface area contributed by atoms with Gasteiger partial charge in [-0.2, -0.15) is 12.6 Å². The van der Waals surface area contributed by atoms with E-state index in [2.05, 4.69) is 12.6 Å². The summed E-state index contributed by atoms with van der Waals surface area (Å²) >= 11 is 4.08. The lowest BCUT2D eigenvalue weighted by Gasteiger charge is -2.12. The molecular formula is C10H13F2NS. The number of likely N-dealkylation sites (N-methyl/N-ethyl adjacent to an activating group) is 1. The van der Waals surface area contributed by atoms with Gasteiger partial charge in [0.2, 0.25) is 0 Å². The van der Waals surface area contributed by atoms with E-state index in [1.165, 1.54) is 12.1 Å². The van der Waals surface area contributed by atoms with E-state index in [0.717, 1.165) is 6.07 Å². The van der Waals surface area contributed by atoms with Crippen molar-refractivity contribution in [2.24, 2.45) is 0 Å². The molecule has 0 radical (unpaired) electrons. The second-order valence-electron chi connectivity index (χ2n) is 3.21. The zero-order valence-electron chi connectivity index (χ0n) is 8.00. The van der Waals surface area contributed by atoms with E-state index in [0.29, 0.717) is 24.4 Å². The highest BCUT2D eigenvalue weighted by Crippen LogP contribution is 2.10. The first kappa shape index (κ1) is 11.5. The van der Waals surface area contributed by atoms with E-state index in [1.807, 2.05) is 11.9 Å². The molecule has 0 bridgehead atoms. The molecule has 1 rings (SSSR count). The van der Waals surface area contributed by atoms with Gasteiger partial charge in [0.05, 0.1) is 0 Å². The Balaban J connectivity index is 2.59. The summed E-state index contributed by atoms with van der Waals surface area (Å²) in [6.45, 7) is 0.714. The van der Waals surface area contributed by atoms with E-state index in [4.69, 9.17) is 0 Å². The summed E-state index contributed by atoms with van der Waals surface area (Å²) in [6.07, 6.45) is 0.573. The summed E-state index contributed by atoms with van der Waals surface area (Å²) < 4.78 is 25.7. The fourth-order valence-corrected chi connectivity index (χ4v) is 1.25. The maximum Gasteiger partial charge on any atom is 0.129 e. The van der Waals surface area contributed by atoms with Crippen LogP contribution in [-0.4, -0.2) is 24.4 Å². The van der Waals surface area contributed by atoms with Crippen molar-refractivity contribution in [2.75, 3.05) is 19.5 Å². The predicted molar refractivity (Wildman–Crippen MR) is 56.5 cm³/mol. The molecule has 0 unspecified atom stereocenters. The highest BCUT2D eigenvalue weighted by Gasteiger charge is 2.04. The molecule has 0 aliphatic carbocycles. The molecule has 0 atom stereocenters. The van der Waals surface area contributed by atoms with E-state index in [9.17, 15) is 8.78 Å². The molecule has 0 spiro atoms. The lowest BCUT2D eigenvalue weighted by molar-refractivity contribution is 0.395. The zero-order valence-corrected chi connectivity index (χ0v) is 8.90. The van der Waals surface area contributed by atoms with Gasteiger partial charge in [-0.15, -0.1) is 0 Å². The van der Waals surface area contributed by atoms with Crippen LogP contribution in [0.4, 0.5) is 8.78 Å². The second kappa shape index (κ2) is 5.32. The summed E-state index contributed by atoms with van der Waals surface area (Å²) in [5.41, 5.74) is 0.542. The summed E-state index contributed by atoms with van der Waals surface area (Å²) in [5.74, 6) is -0.380. The van der Waals surface area contributed by atoms with Crippen LogP contribution in [0.2, 0.25) is 0 Å². The van der Waals surface area contributed by atoms with Crippen molar-refractivity contribution in [1.29, 1.82) is 0 Å². The lowest BCUT2D eigenvalue weighted by Crippen LogP contribution is -2.19. The van der Waals surface area contributed by atoms with Gasteiger partial charge in [-0.1, -0.05) is 6.07 Å². The minimum atomic E-state index is -0.534. The molecule has 0 amide bonds. The minimum Gasteiger partial charge on any atom is -0.297 e. The average Bonchev–Trinajstić information content (AvgIpc) is 2.16. The van der Waals surface area contributed by atoms with Gasteiger partial charge in [0.25, 0.3) is 0 Å². The van der Waals surface area contributed by atoms with Crippen molar-refractivity contribution in [3.8, 4) is 0 Å². The van der Waals surface area contributed by atoms with Crippen molar-refractivity contribution in [3.05, 3.63) is 35.4 Å². The van der Waals surface area contributed by atoms with Gasteiger partial charge in [-0.3, -0.25) is 4.90 Å². The fraction of sp³-hybridized carbons (Fsp3) is 0.400. The van der Waals surface area contributed by atoms with Gasteiger partial charge in [-0.25, -0.2) is 8.78 Å². The Morgan fingerprint density at radius 1 is 1.36 bits per heavy atom. The van der Waals surface area contributed by atoms with Gasteiger partial charge in [0, 0.05) is 18.5 Å². The van der Waals surface area contributed by atoms with E-state index >= 15 is 0 Å². The van der Waals surface area contributed by atoms with Gasteiger partial charge < -0.3 is 0 Å². The SMILES string of the molecule is CN(CS)CCc1ccc(F)cc1F. The maximum absolute atomic E-state index is 13.1. The summed E-state index contributed by atoms with van der Waals surface area (Å²) in [5, 5.41) is 0. The van der Waals surface area contributed by atoms with Gasteiger partial charge in [0.1, 0.15) is 11.6 Å². The number of nitrogens with zero attached hydrogens (tertiary/aromatic N) is 1. The Morgan fingerprint density at radius 2 is 2.07 bits per heavy atom. The third-order valence-corrected chi connectivity index (χ3v) is 2.50. The molecule has 0 aliphatic heterocycles. The van der Waals surface area contributed by atoms with Crippen molar-refractivity contribution in [1.82, 2.24) is 4.90 Å². The van der Waals surface area contributed by atoms with Gasteiger partial charge in [0.15, 0.2) is 0 Å². The average molecular weight is 217 g/mol. The molecule has 1 aromatic rings. The monoisotopic (exact) mass is 217 g/mol. The number of benzene rings is 1. The summed E-state index contributed by atoms with van der Waals surface area (Å²) in [4.78, 5) is 1.95. The predicted octanol–water partition coefficient (Wildman–Crippen LogP) is 2.33. The first-order valence-corrected chi connectivity index (χ1v) is 5.00. The minimum absolute atomic E-state index is 0.474.